The lowest BCUT2D eigenvalue weighted by molar-refractivity contribution is -0.570. The monoisotopic (exact) mass is 554 g/mol. The zero-order valence-electron chi connectivity index (χ0n) is 23.0. The highest BCUT2D eigenvalue weighted by Gasteiger charge is 2.24. The van der Waals surface area contributed by atoms with Gasteiger partial charge in [-0.2, -0.15) is 4.57 Å². The minimum atomic E-state index is 0.754. The van der Waals surface area contributed by atoms with Crippen LogP contribution >= 0.6 is 0 Å². The predicted octanol–water partition coefficient (Wildman–Crippen LogP) is 8.18. The van der Waals surface area contributed by atoms with Crippen LogP contribution in [0.15, 0.2) is 146 Å². The van der Waals surface area contributed by atoms with Gasteiger partial charge in [0.2, 0.25) is 6.33 Å². The Hall–Kier alpha value is -6.01. The Morgan fingerprint density at radius 1 is 0.581 bits per heavy atom. The fraction of sp³-hybridized carbons (Fsp3) is 0. The smallest absolute Gasteiger partial charge is 0.279 e. The standard InChI is InChI=1S/C37H24N5O/c1-5-16-33-28(12-1)29-20-19-27(23-35(29)42(33)36-18-7-8-21-38-36)43-26-11-9-10-25(22-26)40-24-41-34-17-6-3-14-31(34)39-37(41)30-13-2-4-15-32(30)40/h1-24H/q+1. The van der Waals surface area contributed by atoms with E-state index >= 15 is 0 Å². The van der Waals surface area contributed by atoms with Crippen molar-refractivity contribution in [2.75, 3.05) is 0 Å². The zero-order valence-corrected chi connectivity index (χ0v) is 23.0. The van der Waals surface area contributed by atoms with Crippen LogP contribution in [0.3, 0.4) is 0 Å². The van der Waals surface area contributed by atoms with Crippen LogP contribution in [0.1, 0.15) is 0 Å². The van der Waals surface area contributed by atoms with E-state index < -0.39 is 0 Å². The van der Waals surface area contributed by atoms with Crippen molar-refractivity contribution in [3.63, 3.8) is 0 Å². The maximum absolute atomic E-state index is 6.52. The summed E-state index contributed by atoms with van der Waals surface area (Å²) >= 11 is 0. The molecule has 2 aliphatic heterocycles. The van der Waals surface area contributed by atoms with E-state index in [4.69, 9.17) is 9.72 Å². The Morgan fingerprint density at radius 2 is 1.35 bits per heavy atom. The van der Waals surface area contributed by atoms with Crippen LogP contribution in [0.5, 0.6) is 11.5 Å². The normalized spacial score (nSPS) is 11.7. The lowest BCUT2D eigenvalue weighted by Crippen LogP contribution is -2.32. The quantitative estimate of drug-likeness (QED) is 0.206. The van der Waals surface area contributed by atoms with E-state index in [1.165, 1.54) is 5.39 Å². The molecule has 5 aromatic carbocycles. The van der Waals surface area contributed by atoms with Crippen molar-refractivity contribution in [1.82, 2.24) is 19.1 Å². The highest BCUT2D eigenvalue weighted by Crippen LogP contribution is 2.35. The van der Waals surface area contributed by atoms with E-state index in [9.17, 15) is 0 Å². The van der Waals surface area contributed by atoms with Crippen molar-refractivity contribution in [3.8, 4) is 28.8 Å². The summed E-state index contributed by atoms with van der Waals surface area (Å²) in [5.74, 6) is 3.33. The van der Waals surface area contributed by atoms with E-state index in [1.54, 1.807) is 0 Å². The lowest BCUT2D eigenvalue weighted by atomic mass is 10.1. The average Bonchev–Trinajstić information content (AvgIpc) is 3.60. The summed E-state index contributed by atoms with van der Waals surface area (Å²) in [4.78, 5) is 9.59. The Kier molecular flexibility index (Phi) is 5.10. The van der Waals surface area contributed by atoms with Crippen molar-refractivity contribution in [3.05, 3.63) is 146 Å². The number of ether oxygens (including phenoxy) is 1. The highest BCUT2D eigenvalue weighted by molar-refractivity contribution is 6.09. The van der Waals surface area contributed by atoms with Crippen LogP contribution in [0.2, 0.25) is 0 Å². The third-order valence-electron chi connectivity index (χ3n) is 8.09. The van der Waals surface area contributed by atoms with Gasteiger partial charge in [-0.05, 0) is 66.7 Å². The molecule has 6 heteroatoms. The molecule has 0 N–H and O–H groups in total. The molecule has 0 atom stereocenters. The van der Waals surface area contributed by atoms with Gasteiger partial charge in [-0.15, -0.1) is 0 Å². The molecule has 7 aromatic rings. The van der Waals surface area contributed by atoms with Crippen LogP contribution < -0.4 is 9.30 Å². The van der Waals surface area contributed by atoms with Crippen molar-refractivity contribution in [2.24, 2.45) is 0 Å². The van der Waals surface area contributed by atoms with Gasteiger partial charge in [-0.1, -0.05) is 59.6 Å². The summed E-state index contributed by atoms with van der Waals surface area (Å²) in [6.07, 6.45) is 3.94. The fourth-order valence-electron chi connectivity index (χ4n) is 6.19. The molecule has 2 aliphatic rings. The molecule has 0 amide bonds. The van der Waals surface area contributed by atoms with Gasteiger partial charge in [0.05, 0.1) is 16.4 Å². The second kappa shape index (κ2) is 9.26. The average molecular weight is 555 g/mol. The van der Waals surface area contributed by atoms with E-state index in [2.05, 4.69) is 116 Å². The first kappa shape index (κ1) is 23.7. The van der Waals surface area contributed by atoms with E-state index in [0.717, 1.165) is 67.2 Å². The largest absolute Gasteiger partial charge is 0.457 e. The molecule has 9 rings (SSSR count). The van der Waals surface area contributed by atoms with Gasteiger partial charge in [0.15, 0.2) is 5.52 Å². The van der Waals surface area contributed by atoms with Crippen molar-refractivity contribution in [1.29, 1.82) is 0 Å². The van der Waals surface area contributed by atoms with Crippen molar-refractivity contribution in [2.45, 2.75) is 0 Å². The number of hydrogen-bond acceptors (Lipinski definition) is 3. The number of pyridine rings is 1. The number of nitrogens with zero attached hydrogens (tertiary/aromatic N) is 5. The van der Waals surface area contributed by atoms with Gasteiger partial charge >= 0.3 is 0 Å². The molecule has 0 unspecified atom stereocenters. The molecule has 0 aliphatic carbocycles. The van der Waals surface area contributed by atoms with Crippen LogP contribution in [0.4, 0.5) is 0 Å². The van der Waals surface area contributed by atoms with Crippen molar-refractivity contribution >= 4 is 43.7 Å². The number of imidazole rings is 1. The topological polar surface area (TPSA) is 48.8 Å². The minimum absolute atomic E-state index is 0.754. The molecular formula is C37H24N5O+. The lowest BCUT2D eigenvalue weighted by Gasteiger charge is -2.12. The first-order chi connectivity index (χ1) is 21.3. The molecule has 0 saturated carbocycles. The molecule has 0 radical (unpaired) electrons. The third-order valence-corrected chi connectivity index (χ3v) is 8.09. The summed E-state index contributed by atoms with van der Waals surface area (Å²) in [7, 11) is 0. The second-order valence-corrected chi connectivity index (χ2v) is 10.6. The van der Waals surface area contributed by atoms with E-state index in [-0.39, 0.29) is 0 Å². The summed E-state index contributed by atoms with van der Waals surface area (Å²) in [5.41, 5.74) is 6.27. The molecule has 0 spiro atoms. The molecule has 6 nitrogen and oxygen atoms in total. The van der Waals surface area contributed by atoms with Crippen LogP contribution in [-0.2, 0) is 0 Å². The Labute approximate surface area is 246 Å². The maximum Gasteiger partial charge on any atom is 0.279 e. The summed E-state index contributed by atoms with van der Waals surface area (Å²) < 4.78 is 13.1. The third kappa shape index (κ3) is 3.70. The number of rotatable bonds is 4. The molecular weight excluding hydrogens is 530 g/mol. The number of fused-ring (bicyclic) bond motifs is 8. The minimum Gasteiger partial charge on any atom is -0.457 e. The zero-order chi connectivity index (χ0) is 28.3. The van der Waals surface area contributed by atoms with Gasteiger partial charge < -0.3 is 4.74 Å². The Morgan fingerprint density at radius 3 is 2.26 bits per heavy atom. The van der Waals surface area contributed by atoms with Crippen molar-refractivity contribution < 1.29 is 9.30 Å². The Balaban J connectivity index is 1.17. The Bertz CT molecular complexity index is 2440. The number of benzene rings is 5. The summed E-state index contributed by atoms with van der Waals surface area (Å²) in [5, 5.41) is 3.42. The van der Waals surface area contributed by atoms with Crippen LogP contribution in [0, 0.1) is 0 Å². The van der Waals surface area contributed by atoms with E-state index in [0.29, 0.717) is 0 Å². The molecule has 0 saturated heterocycles. The van der Waals surface area contributed by atoms with Gasteiger partial charge in [-0.25, -0.2) is 9.55 Å². The maximum atomic E-state index is 6.52. The number of aromatic nitrogens is 5. The molecule has 2 aromatic heterocycles. The van der Waals surface area contributed by atoms with Gasteiger partial charge in [0.25, 0.3) is 5.82 Å². The van der Waals surface area contributed by atoms with Gasteiger partial charge in [0.1, 0.15) is 34.0 Å². The summed E-state index contributed by atoms with van der Waals surface area (Å²) in [6.45, 7) is 0. The second-order valence-electron chi connectivity index (χ2n) is 10.6. The van der Waals surface area contributed by atoms with E-state index in [1.807, 2.05) is 48.7 Å². The molecule has 4 heterocycles. The van der Waals surface area contributed by atoms with Gasteiger partial charge in [-0.3, -0.25) is 4.57 Å². The molecule has 0 bridgehead atoms. The SMILES string of the molecule is c1ccc(-n2c3ccccc3c3ccc(Oc4cccc(-n5c[n+]6c7ccccc7nc-6c6ccccc65)c4)cc32)nc1. The number of para-hydroxylation sites is 4. The molecule has 43 heavy (non-hydrogen) atoms. The van der Waals surface area contributed by atoms with Crippen LogP contribution in [0.25, 0.3) is 61.1 Å². The predicted molar refractivity (Wildman–Crippen MR) is 170 cm³/mol. The molecule has 0 fully saturated rings. The first-order valence-electron chi connectivity index (χ1n) is 14.2. The summed E-state index contributed by atoms with van der Waals surface area (Å²) in [6, 6.07) is 45.5. The van der Waals surface area contributed by atoms with Gasteiger partial charge in [0, 0.05) is 29.1 Å². The fourth-order valence-corrected chi connectivity index (χ4v) is 6.19. The first-order valence-corrected chi connectivity index (χ1v) is 14.2. The van der Waals surface area contributed by atoms with Crippen LogP contribution in [-0.4, -0.2) is 19.1 Å². The highest BCUT2D eigenvalue weighted by atomic mass is 16.5. The number of hydrogen-bond donors (Lipinski definition) is 0. The molecule has 202 valence electrons.